The number of piperazine rings is 1. The van der Waals surface area contributed by atoms with Crippen molar-refractivity contribution in [3.8, 4) is 0 Å². The molecule has 0 bridgehead atoms. The molecule has 1 N–H and O–H groups in total. The number of hydrogen-bond donors (Lipinski definition) is 1. The Labute approximate surface area is 201 Å². The van der Waals surface area contributed by atoms with Gasteiger partial charge in [0, 0.05) is 43.1 Å². The molecule has 3 aromatic rings. The lowest BCUT2D eigenvalue weighted by Crippen LogP contribution is -2.57. The predicted octanol–water partition coefficient (Wildman–Crippen LogP) is 6.23. The van der Waals surface area contributed by atoms with Crippen molar-refractivity contribution < 1.29 is 4.79 Å². The van der Waals surface area contributed by atoms with Crippen molar-refractivity contribution in [2.75, 3.05) is 36.4 Å². The molecule has 2 fully saturated rings. The third-order valence-corrected chi connectivity index (χ3v) is 8.25. The van der Waals surface area contributed by atoms with Crippen molar-refractivity contribution in [1.82, 2.24) is 4.90 Å². The van der Waals surface area contributed by atoms with Crippen LogP contribution in [0.3, 0.4) is 0 Å². The van der Waals surface area contributed by atoms with E-state index in [-0.39, 0.29) is 11.4 Å². The van der Waals surface area contributed by atoms with E-state index in [1.54, 1.807) is 0 Å². The van der Waals surface area contributed by atoms with Gasteiger partial charge in [0.1, 0.15) is 0 Å². The molecule has 1 amide bonds. The summed E-state index contributed by atoms with van der Waals surface area (Å²) < 4.78 is 0. The monoisotopic (exact) mass is 459 g/mol. The fourth-order valence-corrected chi connectivity index (χ4v) is 6.39. The second-order valence-electron chi connectivity index (χ2n) is 9.55. The molecule has 0 unspecified atom stereocenters. The third-order valence-electron chi connectivity index (χ3n) is 7.38. The Hall–Kier alpha value is -2.63. The molecule has 5 heteroatoms. The average Bonchev–Trinajstić information content (AvgIpc) is 3.40. The quantitative estimate of drug-likeness (QED) is 0.491. The molecule has 2 atom stereocenters. The minimum absolute atomic E-state index is 0.0234. The van der Waals surface area contributed by atoms with Crippen molar-refractivity contribution in [3.63, 3.8) is 0 Å². The van der Waals surface area contributed by atoms with Gasteiger partial charge in [-0.15, -0.1) is 11.3 Å². The number of para-hydroxylation sites is 1. The van der Waals surface area contributed by atoms with Crippen LogP contribution in [0.5, 0.6) is 0 Å². The minimum Gasteiger partial charge on any atom is -0.369 e. The first kappa shape index (κ1) is 22.2. The molecule has 4 nitrogen and oxygen atoms in total. The summed E-state index contributed by atoms with van der Waals surface area (Å²) in [6.07, 6.45) is 4.93. The second kappa shape index (κ2) is 9.70. The molecular formula is C28H33N3OS. The van der Waals surface area contributed by atoms with Crippen LogP contribution in [0.15, 0.2) is 72.1 Å². The number of benzene rings is 2. The number of hydrogen-bond acceptors (Lipinski definition) is 4. The molecule has 1 aliphatic heterocycles. The van der Waals surface area contributed by atoms with E-state index in [0.717, 1.165) is 36.7 Å². The van der Waals surface area contributed by atoms with Gasteiger partial charge in [-0.05, 0) is 60.0 Å². The van der Waals surface area contributed by atoms with Crippen LogP contribution in [-0.2, 0) is 5.54 Å². The normalized spacial score (nSPS) is 23.9. The lowest BCUT2D eigenvalue weighted by Gasteiger charge is -2.52. The van der Waals surface area contributed by atoms with Gasteiger partial charge in [-0.25, -0.2) is 0 Å². The SMILES string of the molecule is C[C@H]1CCC[C@](c2cccc(NC(=O)c3cccs3)c2)(N2CCN(c3ccccc3)CC2)C1. The van der Waals surface area contributed by atoms with Gasteiger partial charge in [-0.1, -0.05) is 56.2 Å². The predicted molar refractivity (Wildman–Crippen MR) is 138 cm³/mol. The van der Waals surface area contributed by atoms with Gasteiger partial charge < -0.3 is 10.2 Å². The summed E-state index contributed by atoms with van der Waals surface area (Å²) in [4.78, 5) is 18.6. The van der Waals surface area contributed by atoms with Crippen LogP contribution in [0.4, 0.5) is 11.4 Å². The fourth-order valence-electron chi connectivity index (χ4n) is 5.77. The maximum atomic E-state index is 12.7. The van der Waals surface area contributed by atoms with Crippen LogP contribution in [0.1, 0.15) is 47.8 Å². The summed E-state index contributed by atoms with van der Waals surface area (Å²) in [6, 6.07) is 23.2. The van der Waals surface area contributed by atoms with Gasteiger partial charge in [0.25, 0.3) is 5.91 Å². The van der Waals surface area contributed by atoms with Crippen molar-refractivity contribution in [2.45, 2.75) is 38.1 Å². The molecular weight excluding hydrogens is 426 g/mol. The topological polar surface area (TPSA) is 35.6 Å². The molecule has 1 saturated heterocycles. The molecule has 1 aliphatic carbocycles. The zero-order chi connectivity index (χ0) is 22.7. The molecule has 5 rings (SSSR count). The fraction of sp³-hybridized carbons (Fsp3) is 0.393. The Balaban J connectivity index is 1.38. The Kier molecular flexibility index (Phi) is 6.52. The first-order valence-electron chi connectivity index (χ1n) is 12.1. The molecule has 2 heterocycles. The maximum absolute atomic E-state index is 12.7. The summed E-state index contributed by atoms with van der Waals surface area (Å²) in [5.41, 5.74) is 3.61. The molecule has 2 aliphatic rings. The van der Waals surface area contributed by atoms with Crippen LogP contribution in [0.2, 0.25) is 0 Å². The first-order chi connectivity index (χ1) is 16.1. The Morgan fingerprint density at radius 2 is 1.82 bits per heavy atom. The standard InChI is InChI=1S/C28H33N3OS/c1-22-8-6-14-28(21-22,31-17-15-30(16-18-31)25-11-3-2-4-12-25)23-9-5-10-24(20-23)29-27(32)26-13-7-19-33-26/h2-5,7,9-13,19-20,22H,6,8,14-18,21H2,1H3,(H,29,32)/t22-,28-/m0/s1. The molecule has 2 aromatic carbocycles. The minimum atomic E-state index is -0.0234. The van der Waals surface area contributed by atoms with E-state index in [4.69, 9.17) is 0 Å². The van der Waals surface area contributed by atoms with Crippen LogP contribution in [0, 0.1) is 5.92 Å². The van der Waals surface area contributed by atoms with E-state index < -0.39 is 0 Å². The van der Waals surface area contributed by atoms with Crippen molar-refractivity contribution >= 4 is 28.6 Å². The zero-order valence-corrected chi connectivity index (χ0v) is 20.2. The molecule has 33 heavy (non-hydrogen) atoms. The summed E-state index contributed by atoms with van der Waals surface area (Å²) in [7, 11) is 0. The van der Waals surface area contributed by atoms with Gasteiger partial charge in [0.05, 0.1) is 4.88 Å². The lowest BCUT2D eigenvalue weighted by atomic mass is 9.71. The maximum Gasteiger partial charge on any atom is 0.265 e. The number of carbonyl (C=O) groups is 1. The Morgan fingerprint density at radius 1 is 1.00 bits per heavy atom. The summed E-state index contributed by atoms with van der Waals surface area (Å²) in [5, 5.41) is 5.07. The molecule has 1 aromatic heterocycles. The van der Waals surface area contributed by atoms with Gasteiger partial charge >= 0.3 is 0 Å². The molecule has 172 valence electrons. The lowest BCUT2D eigenvalue weighted by molar-refractivity contribution is 0.0243. The van der Waals surface area contributed by atoms with E-state index in [1.165, 1.54) is 48.3 Å². The van der Waals surface area contributed by atoms with E-state index in [2.05, 4.69) is 70.6 Å². The molecule has 1 saturated carbocycles. The largest absolute Gasteiger partial charge is 0.369 e. The van der Waals surface area contributed by atoms with E-state index in [1.807, 2.05) is 23.6 Å². The number of amides is 1. The van der Waals surface area contributed by atoms with Crippen molar-refractivity contribution in [2.24, 2.45) is 5.92 Å². The number of nitrogens with one attached hydrogen (secondary N) is 1. The van der Waals surface area contributed by atoms with E-state index in [9.17, 15) is 4.79 Å². The van der Waals surface area contributed by atoms with Crippen molar-refractivity contribution in [1.29, 1.82) is 0 Å². The molecule has 0 spiro atoms. The highest BCUT2D eigenvalue weighted by Gasteiger charge is 2.42. The third kappa shape index (κ3) is 4.71. The van der Waals surface area contributed by atoms with Gasteiger partial charge in [-0.2, -0.15) is 0 Å². The first-order valence-corrected chi connectivity index (χ1v) is 13.0. The summed E-state index contributed by atoms with van der Waals surface area (Å²) in [6.45, 7) is 6.63. The zero-order valence-electron chi connectivity index (χ0n) is 19.4. The highest BCUT2D eigenvalue weighted by atomic mass is 32.1. The number of rotatable bonds is 5. The van der Waals surface area contributed by atoms with E-state index >= 15 is 0 Å². The molecule has 0 radical (unpaired) electrons. The summed E-state index contributed by atoms with van der Waals surface area (Å²) in [5.74, 6) is 0.681. The smallest absolute Gasteiger partial charge is 0.265 e. The number of carbonyl (C=O) groups excluding carboxylic acids is 1. The van der Waals surface area contributed by atoms with Gasteiger partial charge in [0.2, 0.25) is 0 Å². The van der Waals surface area contributed by atoms with Crippen LogP contribution in [-0.4, -0.2) is 37.0 Å². The van der Waals surface area contributed by atoms with E-state index in [0.29, 0.717) is 5.92 Å². The Bertz CT molecular complexity index is 1060. The highest BCUT2D eigenvalue weighted by Crippen LogP contribution is 2.45. The average molecular weight is 460 g/mol. The van der Waals surface area contributed by atoms with Crippen molar-refractivity contribution in [3.05, 3.63) is 82.6 Å². The summed E-state index contributed by atoms with van der Waals surface area (Å²) >= 11 is 1.48. The van der Waals surface area contributed by atoms with Crippen LogP contribution >= 0.6 is 11.3 Å². The second-order valence-corrected chi connectivity index (χ2v) is 10.5. The van der Waals surface area contributed by atoms with Crippen LogP contribution < -0.4 is 10.2 Å². The van der Waals surface area contributed by atoms with Crippen LogP contribution in [0.25, 0.3) is 0 Å². The number of nitrogens with zero attached hydrogens (tertiary/aromatic N) is 2. The van der Waals surface area contributed by atoms with Gasteiger partial charge in [-0.3, -0.25) is 9.69 Å². The highest BCUT2D eigenvalue weighted by molar-refractivity contribution is 7.12. The Morgan fingerprint density at radius 3 is 2.55 bits per heavy atom. The number of anilines is 2. The number of thiophene rings is 1. The van der Waals surface area contributed by atoms with Gasteiger partial charge in [0.15, 0.2) is 0 Å².